The van der Waals surface area contributed by atoms with E-state index in [-0.39, 0.29) is 5.60 Å². The van der Waals surface area contributed by atoms with Crippen molar-refractivity contribution >= 4 is 11.0 Å². The van der Waals surface area contributed by atoms with E-state index in [1.807, 2.05) is 31.2 Å². The third kappa shape index (κ3) is 0.988. The zero-order valence-corrected chi connectivity index (χ0v) is 7.41. The van der Waals surface area contributed by atoms with Gasteiger partial charge in [0.15, 0.2) is 0 Å². The average Bonchev–Trinajstić information content (AvgIpc) is 2.76. The number of rotatable bonds is 1. The second kappa shape index (κ2) is 2.15. The molecule has 2 nitrogen and oxygen atoms in total. The maximum absolute atomic E-state index is 5.67. The lowest BCUT2D eigenvalue weighted by molar-refractivity contribution is 0.290. The topological polar surface area (TPSA) is 25.7 Å². The van der Waals surface area contributed by atoms with Crippen LogP contribution in [0.25, 0.3) is 11.0 Å². The van der Waals surface area contributed by atoms with Crippen LogP contribution in [-0.4, -0.2) is 6.61 Å². The Kier molecular flexibility index (Phi) is 1.18. The second-order valence-corrected chi connectivity index (χ2v) is 3.67. The summed E-state index contributed by atoms with van der Waals surface area (Å²) in [5.41, 5.74) is 0.785. The van der Waals surface area contributed by atoms with Crippen molar-refractivity contribution in [3.63, 3.8) is 0 Å². The van der Waals surface area contributed by atoms with E-state index in [9.17, 15) is 0 Å². The van der Waals surface area contributed by atoms with Gasteiger partial charge in [0.1, 0.15) is 16.9 Å². The summed E-state index contributed by atoms with van der Waals surface area (Å²) in [6.07, 6.45) is 0. The van der Waals surface area contributed by atoms with Crippen LogP contribution in [0.2, 0.25) is 0 Å². The van der Waals surface area contributed by atoms with Crippen LogP contribution in [0, 0.1) is 0 Å². The highest BCUT2D eigenvalue weighted by molar-refractivity contribution is 5.78. The van der Waals surface area contributed by atoms with Crippen molar-refractivity contribution < 1.29 is 9.15 Å². The molecular weight excluding hydrogens is 164 g/mol. The van der Waals surface area contributed by atoms with Crippen LogP contribution in [0.4, 0.5) is 0 Å². The zero-order valence-electron chi connectivity index (χ0n) is 7.41. The number of epoxide rings is 1. The zero-order chi connectivity index (χ0) is 8.89. The first-order valence-electron chi connectivity index (χ1n) is 4.41. The van der Waals surface area contributed by atoms with Crippen molar-refractivity contribution in [2.75, 3.05) is 6.61 Å². The van der Waals surface area contributed by atoms with Crippen molar-refractivity contribution in [1.82, 2.24) is 0 Å². The fraction of sp³-hybridized carbons (Fsp3) is 0.273. The van der Waals surface area contributed by atoms with Crippen LogP contribution in [-0.2, 0) is 10.3 Å². The molecule has 1 saturated heterocycles. The average molecular weight is 174 g/mol. The molecule has 2 aromatic rings. The number of benzene rings is 1. The number of furan rings is 1. The van der Waals surface area contributed by atoms with E-state index in [0.717, 1.165) is 23.3 Å². The number of ether oxygens (including phenoxy) is 1. The Morgan fingerprint density at radius 1 is 1.31 bits per heavy atom. The van der Waals surface area contributed by atoms with E-state index in [2.05, 4.69) is 6.07 Å². The minimum Gasteiger partial charge on any atom is -0.458 e. The fourth-order valence-electron chi connectivity index (χ4n) is 1.49. The molecule has 1 aromatic carbocycles. The van der Waals surface area contributed by atoms with E-state index in [1.165, 1.54) is 0 Å². The Balaban J connectivity index is 2.22. The first-order valence-corrected chi connectivity index (χ1v) is 4.41. The van der Waals surface area contributed by atoms with Gasteiger partial charge in [0.25, 0.3) is 0 Å². The Morgan fingerprint density at radius 2 is 2.08 bits per heavy atom. The molecule has 0 radical (unpaired) electrons. The van der Waals surface area contributed by atoms with Gasteiger partial charge in [-0.1, -0.05) is 18.2 Å². The van der Waals surface area contributed by atoms with Gasteiger partial charge in [-0.15, -0.1) is 0 Å². The van der Waals surface area contributed by atoms with Crippen LogP contribution in [0.15, 0.2) is 34.7 Å². The van der Waals surface area contributed by atoms with Gasteiger partial charge < -0.3 is 9.15 Å². The summed E-state index contributed by atoms with van der Waals surface area (Å²) in [6.45, 7) is 2.82. The van der Waals surface area contributed by atoms with Gasteiger partial charge in [0, 0.05) is 5.39 Å². The Labute approximate surface area is 76.1 Å². The molecule has 3 rings (SSSR count). The summed E-state index contributed by atoms with van der Waals surface area (Å²) in [4.78, 5) is 0. The van der Waals surface area contributed by atoms with Crippen molar-refractivity contribution in [2.24, 2.45) is 0 Å². The predicted molar refractivity (Wildman–Crippen MR) is 49.5 cm³/mol. The molecule has 1 aliphatic rings. The molecule has 2 heterocycles. The molecule has 2 heteroatoms. The largest absolute Gasteiger partial charge is 0.458 e. The van der Waals surface area contributed by atoms with E-state index >= 15 is 0 Å². The first-order chi connectivity index (χ1) is 6.28. The van der Waals surface area contributed by atoms with Crippen molar-refractivity contribution in [2.45, 2.75) is 12.5 Å². The van der Waals surface area contributed by atoms with E-state index in [1.54, 1.807) is 0 Å². The maximum atomic E-state index is 5.67. The van der Waals surface area contributed by atoms with Crippen LogP contribution >= 0.6 is 0 Å². The quantitative estimate of drug-likeness (QED) is 0.621. The van der Waals surface area contributed by atoms with Crippen LogP contribution < -0.4 is 0 Å². The lowest BCUT2D eigenvalue weighted by Gasteiger charge is -1.96. The van der Waals surface area contributed by atoms with E-state index in [0.29, 0.717) is 0 Å². The minimum atomic E-state index is -0.154. The van der Waals surface area contributed by atoms with Crippen LogP contribution in [0.3, 0.4) is 0 Å². The van der Waals surface area contributed by atoms with Gasteiger partial charge in [-0.05, 0) is 19.1 Å². The normalized spacial score (nSPS) is 26.5. The molecule has 1 fully saturated rings. The molecule has 13 heavy (non-hydrogen) atoms. The van der Waals surface area contributed by atoms with E-state index in [4.69, 9.17) is 9.15 Å². The Morgan fingerprint density at radius 3 is 2.77 bits per heavy atom. The minimum absolute atomic E-state index is 0.154. The summed E-state index contributed by atoms with van der Waals surface area (Å²) < 4.78 is 11.0. The molecule has 1 aliphatic heterocycles. The molecular formula is C11H10O2. The summed E-state index contributed by atoms with van der Waals surface area (Å²) in [6, 6.07) is 10.1. The van der Waals surface area contributed by atoms with Crippen LogP contribution in [0.5, 0.6) is 0 Å². The standard InChI is InChI=1S/C11H10O2/c1-11(7-12-11)10-6-8-4-2-3-5-9(8)13-10/h2-6H,7H2,1H3. The summed E-state index contributed by atoms with van der Waals surface area (Å²) >= 11 is 0. The highest BCUT2D eigenvalue weighted by Gasteiger charge is 2.44. The monoisotopic (exact) mass is 174 g/mol. The molecule has 0 saturated carbocycles. The van der Waals surface area contributed by atoms with Gasteiger partial charge in [-0.25, -0.2) is 0 Å². The first kappa shape index (κ1) is 7.15. The highest BCUT2D eigenvalue weighted by atomic mass is 16.6. The van der Waals surface area contributed by atoms with Gasteiger partial charge in [-0.2, -0.15) is 0 Å². The molecule has 0 N–H and O–H groups in total. The SMILES string of the molecule is CC1(c2cc3ccccc3o2)CO1. The number of hydrogen-bond donors (Lipinski definition) is 0. The summed E-state index contributed by atoms with van der Waals surface area (Å²) in [7, 11) is 0. The smallest absolute Gasteiger partial charge is 0.146 e. The van der Waals surface area contributed by atoms with Gasteiger partial charge in [-0.3, -0.25) is 0 Å². The fourth-order valence-corrected chi connectivity index (χ4v) is 1.49. The van der Waals surface area contributed by atoms with Crippen molar-refractivity contribution in [3.8, 4) is 0 Å². The molecule has 1 aromatic heterocycles. The van der Waals surface area contributed by atoms with Gasteiger partial charge >= 0.3 is 0 Å². The second-order valence-electron chi connectivity index (χ2n) is 3.67. The van der Waals surface area contributed by atoms with Crippen molar-refractivity contribution in [3.05, 3.63) is 36.1 Å². The molecule has 0 aliphatic carbocycles. The lowest BCUT2D eigenvalue weighted by Crippen LogP contribution is -1.98. The molecule has 1 unspecified atom stereocenters. The Bertz CT molecular complexity index is 419. The molecule has 0 spiro atoms. The third-order valence-electron chi connectivity index (χ3n) is 2.52. The third-order valence-corrected chi connectivity index (χ3v) is 2.52. The number of para-hydroxylation sites is 1. The lowest BCUT2D eigenvalue weighted by atomic mass is 10.1. The number of fused-ring (bicyclic) bond motifs is 1. The summed E-state index contributed by atoms with van der Waals surface area (Å²) in [5.74, 6) is 0.939. The molecule has 66 valence electrons. The van der Waals surface area contributed by atoms with Crippen LogP contribution in [0.1, 0.15) is 12.7 Å². The van der Waals surface area contributed by atoms with E-state index < -0.39 is 0 Å². The van der Waals surface area contributed by atoms with Gasteiger partial charge in [0.05, 0.1) is 6.61 Å². The maximum Gasteiger partial charge on any atom is 0.146 e. The van der Waals surface area contributed by atoms with Crippen molar-refractivity contribution in [1.29, 1.82) is 0 Å². The Hall–Kier alpha value is -1.28. The highest BCUT2D eigenvalue weighted by Crippen LogP contribution is 2.40. The summed E-state index contributed by atoms with van der Waals surface area (Å²) in [5, 5.41) is 1.15. The predicted octanol–water partition coefficient (Wildman–Crippen LogP) is 2.68. The molecule has 0 amide bonds. The molecule has 1 atom stereocenters. The molecule has 0 bridgehead atoms. The number of hydrogen-bond acceptors (Lipinski definition) is 2. The van der Waals surface area contributed by atoms with Gasteiger partial charge in [0.2, 0.25) is 0 Å².